The first-order valence-corrected chi connectivity index (χ1v) is 14.2. The molecule has 7 N–H and O–H groups in total. The summed E-state index contributed by atoms with van der Waals surface area (Å²) >= 11 is 0. The number of aliphatic hydroxyl groups is 6. The van der Waals surface area contributed by atoms with E-state index in [0.29, 0.717) is 11.5 Å². The second-order valence-electron chi connectivity index (χ2n) is 10.9. The molecule has 1 aromatic heterocycles. The van der Waals surface area contributed by atoms with Gasteiger partial charge in [-0.3, -0.25) is 4.79 Å². The fourth-order valence-corrected chi connectivity index (χ4v) is 5.34. The fourth-order valence-electron chi connectivity index (χ4n) is 5.34. The van der Waals surface area contributed by atoms with Crippen molar-refractivity contribution in [2.45, 2.75) is 48.7 Å². The second kappa shape index (κ2) is 13.7. The topological polar surface area (TPSA) is 246 Å². The number of aromatic hydroxyl groups is 1. The van der Waals surface area contributed by atoms with Crippen molar-refractivity contribution in [2.75, 3.05) is 48.3 Å². The van der Waals surface area contributed by atoms with E-state index in [1.165, 1.54) is 46.6 Å². The Balaban J connectivity index is 1.44. The number of benzene rings is 2. The van der Waals surface area contributed by atoms with Crippen LogP contribution < -0.4 is 29.1 Å². The van der Waals surface area contributed by atoms with Crippen molar-refractivity contribution in [3.8, 4) is 45.6 Å². The minimum Gasteiger partial charge on any atom is -0.504 e. The van der Waals surface area contributed by atoms with Crippen LogP contribution in [-0.2, 0) is 14.2 Å². The Bertz CT molecular complexity index is 1640. The van der Waals surface area contributed by atoms with E-state index >= 15 is 0 Å². The summed E-state index contributed by atoms with van der Waals surface area (Å²) in [4.78, 5) is 13.7. The molecule has 0 amide bonds. The molecule has 3 aromatic rings. The summed E-state index contributed by atoms with van der Waals surface area (Å²) in [5.74, 6) is -0.398. The third kappa shape index (κ3) is 6.13. The molecule has 47 heavy (non-hydrogen) atoms. The van der Waals surface area contributed by atoms with Gasteiger partial charge in [-0.1, -0.05) is 0 Å². The van der Waals surface area contributed by atoms with Crippen LogP contribution in [0.5, 0.6) is 34.5 Å². The van der Waals surface area contributed by atoms with E-state index in [1.807, 2.05) is 0 Å². The molecule has 0 radical (unpaired) electrons. The molecule has 2 saturated heterocycles. The highest BCUT2D eigenvalue weighted by Gasteiger charge is 2.50. The van der Waals surface area contributed by atoms with E-state index in [-0.39, 0.29) is 39.3 Å². The van der Waals surface area contributed by atoms with E-state index in [2.05, 4.69) is 0 Å². The first-order chi connectivity index (χ1) is 22.4. The first kappa shape index (κ1) is 34.4. The van der Waals surface area contributed by atoms with Crippen LogP contribution >= 0.6 is 0 Å². The number of aliphatic hydroxyl groups excluding tert-OH is 5. The highest BCUT2D eigenvalue weighted by molar-refractivity contribution is 5.92. The summed E-state index contributed by atoms with van der Waals surface area (Å²) < 4.78 is 49.2. The van der Waals surface area contributed by atoms with Crippen molar-refractivity contribution < 1.29 is 78.1 Å². The Morgan fingerprint density at radius 1 is 0.851 bits per heavy atom. The molecule has 0 bridgehead atoms. The average molecular weight is 669 g/mol. The summed E-state index contributed by atoms with van der Waals surface area (Å²) in [5, 5.41) is 72.3. The zero-order valence-electron chi connectivity index (χ0n) is 25.7. The third-order valence-corrected chi connectivity index (χ3v) is 8.08. The van der Waals surface area contributed by atoms with Crippen molar-refractivity contribution in [2.24, 2.45) is 0 Å². The van der Waals surface area contributed by atoms with Crippen molar-refractivity contribution in [1.82, 2.24) is 0 Å². The van der Waals surface area contributed by atoms with Crippen LogP contribution in [0, 0.1) is 0 Å². The maximum Gasteiger partial charge on any atom is 0.229 e. The summed E-state index contributed by atoms with van der Waals surface area (Å²) in [6.07, 6.45) is -10.3. The molecule has 2 aliphatic rings. The molecule has 6 unspecified atom stereocenters. The van der Waals surface area contributed by atoms with E-state index in [1.54, 1.807) is 0 Å². The maximum atomic E-state index is 13.7. The minimum atomic E-state index is -1.96. The zero-order chi connectivity index (χ0) is 34.2. The lowest BCUT2D eigenvalue weighted by molar-refractivity contribution is -0.289. The Labute approximate surface area is 266 Å². The van der Waals surface area contributed by atoms with E-state index in [4.69, 9.17) is 42.3 Å². The fraction of sp³-hybridized carbons (Fsp3) is 0.500. The molecule has 17 nitrogen and oxygen atoms in total. The van der Waals surface area contributed by atoms with Crippen LogP contribution in [0.2, 0.25) is 0 Å². The molecule has 2 aliphatic heterocycles. The molecule has 0 spiro atoms. The van der Waals surface area contributed by atoms with Crippen molar-refractivity contribution in [3.05, 3.63) is 34.7 Å². The van der Waals surface area contributed by atoms with Crippen LogP contribution in [-0.4, -0.2) is 133 Å². The minimum absolute atomic E-state index is 0.00102. The average Bonchev–Trinajstić information content (AvgIpc) is 3.36. The molecule has 2 fully saturated rings. The van der Waals surface area contributed by atoms with Gasteiger partial charge in [-0.25, -0.2) is 0 Å². The Morgan fingerprint density at radius 3 is 2.15 bits per heavy atom. The van der Waals surface area contributed by atoms with E-state index in [0.717, 1.165) is 6.26 Å². The van der Waals surface area contributed by atoms with Crippen molar-refractivity contribution >= 4 is 11.0 Å². The van der Waals surface area contributed by atoms with Gasteiger partial charge in [-0.2, -0.15) is 0 Å². The van der Waals surface area contributed by atoms with Crippen LogP contribution in [0.3, 0.4) is 0 Å². The normalized spacial score (nSPS) is 29.1. The lowest BCUT2D eigenvalue weighted by atomic mass is 9.99. The summed E-state index contributed by atoms with van der Waals surface area (Å²) in [6, 6.07) is 4.23. The molecule has 5 rings (SSSR count). The molecule has 0 saturated carbocycles. The first-order valence-electron chi connectivity index (χ1n) is 14.2. The van der Waals surface area contributed by atoms with Crippen LogP contribution in [0.15, 0.2) is 33.7 Å². The number of hydrogen-bond acceptors (Lipinski definition) is 17. The molecule has 2 aromatic carbocycles. The maximum absolute atomic E-state index is 13.7. The van der Waals surface area contributed by atoms with Gasteiger partial charge in [0.05, 0.1) is 53.8 Å². The highest BCUT2D eigenvalue weighted by Crippen LogP contribution is 2.45. The highest BCUT2D eigenvalue weighted by atomic mass is 16.7. The molecular formula is C30H36O17. The molecule has 3 heterocycles. The van der Waals surface area contributed by atoms with E-state index < -0.39 is 79.7 Å². The Kier molecular flexibility index (Phi) is 10.0. The summed E-state index contributed by atoms with van der Waals surface area (Å²) in [5.41, 5.74) is -2.51. The van der Waals surface area contributed by atoms with Gasteiger partial charge in [-0.05, 0) is 6.07 Å². The van der Waals surface area contributed by atoms with Gasteiger partial charge in [0.25, 0.3) is 0 Å². The van der Waals surface area contributed by atoms with Gasteiger partial charge in [0.2, 0.25) is 17.5 Å². The number of rotatable bonds is 11. The smallest absolute Gasteiger partial charge is 0.229 e. The quantitative estimate of drug-likeness (QED) is 0.127. The summed E-state index contributed by atoms with van der Waals surface area (Å²) in [6.45, 7) is -1.75. The summed E-state index contributed by atoms with van der Waals surface area (Å²) in [7, 11) is 5.44. The van der Waals surface area contributed by atoms with Gasteiger partial charge in [-0.15, -0.1) is 0 Å². The standard InChI is InChI=1S/C30H36O17/c1-39-14-6-16(41-3)15(40-2)5-12(14)13-8-43-17-7-18(26(42-4)23(34)20(17)21(13)32)46-28-25(36)24(35)22(33)19(47-28)9-44-29-27(37)30(38,10-31)11-45-29/h5-8,19,22,24-25,27-29,31,33-38H,9-11H2,1-4H3/t19?,22-,24?,25?,27?,28-,29?,30?/m1/s1. The van der Waals surface area contributed by atoms with Crippen LogP contribution in [0.25, 0.3) is 22.1 Å². The van der Waals surface area contributed by atoms with Gasteiger partial charge in [0, 0.05) is 17.7 Å². The van der Waals surface area contributed by atoms with Gasteiger partial charge >= 0.3 is 0 Å². The van der Waals surface area contributed by atoms with Gasteiger partial charge in [0.15, 0.2) is 29.3 Å². The molecule has 258 valence electrons. The molecular weight excluding hydrogens is 632 g/mol. The Morgan fingerprint density at radius 2 is 1.53 bits per heavy atom. The monoisotopic (exact) mass is 668 g/mol. The second-order valence-corrected chi connectivity index (χ2v) is 10.9. The number of phenolic OH excluding ortho intramolecular Hbond substituents is 1. The van der Waals surface area contributed by atoms with E-state index in [9.17, 15) is 40.5 Å². The zero-order valence-corrected chi connectivity index (χ0v) is 25.7. The SMILES string of the molecule is COc1cc(OC)c(-c2coc3cc(O[C@@H]4OC(COC5OCC(O)(CO)C5O)[C@@H](O)C(O)C4O)c(OC)c(O)c3c2=O)cc1OC. The van der Waals surface area contributed by atoms with Crippen LogP contribution in [0.1, 0.15) is 0 Å². The number of phenols is 1. The Hall–Kier alpha value is -3.91. The predicted molar refractivity (Wildman–Crippen MR) is 157 cm³/mol. The largest absolute Gasteiger partial charge is 0.504 e. The van der Waals surface area contributed by atoms with Crippen molar-refractivity contribution in [3.63, 3.8) is 0 Å². The number of methoxy groups -OCH3 is 4. The number of hydrogen-bond donors (Lipinski definition) is 7. The molecule has 17 heteroatoms. The van der Waals surface area contributed by atoms with Crippen LogP contribution in [0.4, 0.5) is 0 Å². The lowest BCUT2D eigenvalue weighted by Gasteiger charge is -2.40. The number of fused-ring (bicyclic) bond motifs is 1. The number of ether oxygens (including phenoxy) is 8. The van der Waals surface area contributed by atoms with Gasteiger partial charge in [0.1, 0.15) is 59.1 Å². The third-order valence-electron chi connectivity index (χ3n) is 8.08. The molecule has 8 atom stereocenters. The van der Waals surface area contributed by atoms with Gasteiger partial charge < -0.3 is 78.1 Å². The van der Waals surface area contributed by atoms with Crippen molar-refractivity contribution in [1.29, 1.82) is 0 Å². The molecule has 0 aliphatic carbocycles. The predicted octanol–water partition coefficient (Wildman–Crippen LogP) is -1.16. The lowest BCUT2D eigenvalue weighted by Crippen LogP contribution is -2.60.